The van der Waals surface area contributed by atoms with Crippen LogP contribution in [-0.4, -0.2) is 31.9 Å². The quantitative estimate of drug-likeness (QED) is 0.245. The third-order valence-corrected chi connectivity index (χ3v) is 4.98. The van der Waals surface area contributed by atoms with Crippen LogP contribution in [0, 0.1) is 0 Å². The van der Waals surface area contributed by atoms with Crippen molar-refractivity contribution in [2.75, 3.05) is 19.0 Å². The zero-order valence-corrected chi connectivity index (χ0v) is 22.7. The summed E-state index contributed by atoms with van der Waals surface area (Å²) in [4.78, 5) is 0. The molecule has 0 atom stereocenters. The van der Waals surface area contributed by atoms with Gasteiger partial charge in [0.25, 0.3) is 0 Å². The first-order chi connectivity index (χ1) is 13.9. The summed E-state index contributed by atoms with van der Waals surface area (Å²) in [6.07, 6.45) is 13.3. The first-order valence-electron chi connectivity index (χ1n) is 11.1. The Kier molecular flexibility index (Phi) is 30.8. The Morgan fingerprint density at radius 2 is 1.27 bits per heavy atom. The topological polar surface area (TPSA) is 66.4 Å². The summed E-state index contributed by atoms with van der Waals surface area (Å²) in [5.41, 5.74) is 1.17. The first-order valence-corrected chi connectivity index (χ1v) is 12.7. The largest absolute Gasteiger partial charge is 1.00 e. The third kappa shape index (κ3) is 32.5. The molecule has 0 amide bonds. The Morgan fingerprint density at radius 1 is 0.833 bits per heavy atom. The predicted octanol–water partition coefficient (Wildman–Crippen LogP) is 3.83. The summed E-state index contributed by atoms with van der Waals surface area (Å²) in [5.74, 6) is -0.191. The van der Waals surface area contributed by atoms with Gasteiger partial charge in [0.2, 0.25) is 0 Å². The second kappa shape index (κ2) is 26.9. The molecule has 30 heavy (non-hydrogen) atoms. The molecule has 6 heteroatoms. The van der Waals surface area contributed by atoms with Gasteiger partial charge in [-0.3, -0.25) is 0 Å². The van der Waals surface area contributed by atoms with E-state index in [1.54, 1.807) is 0 Å². The number of unbranched alkanes of at least 4 members (excludes halogenated alkanes) is 9. The van der Waals surface area contributed by atoms with Gasteiger partial charge in [0.1, 0.15) is 0 Å². The fourth-order valence-electron chi connectivity index (χ4n) is 2.56. The van der Waals surface area contributed by atoms with Gasteiger partial charge in [0.15, 0.2) is 0 Å². The van der Waals surface area contributed by atoms with Gasteiger partial charge in [-0.15, -0.1) is 0 Å². The van der Waals surface area contributed by atoms with E-state index in [4.69, 9.17) is 4.74 Å². The van der Waals surface area contributed by atoms with Gasteiger partial charge in [0, 0.05) is 19.0 Å². The number of benzene rings is 1. The standard InChI is InChI=1S/C12H26O3S.C8H8.C4H10O.Na/c1-2-3-4-5-6-7-8-9-10-11-12-16(13,14)15;1-2-8-6-4-3-5-7-8;1-3-5-4-2;/h2-12H2,1H3,(H,13,14,15);2-7H,1H2;3-4H2,1-2H3;/q;;;+1/p-1. The molecule has 0 N–H and O–H groups in total. The van der Waals surface area contributed by atoms with Crippen LogP contribution in [0.15, 0.2) is 36.9 Å². The van der Waals surface area contributed by atoms with Crippen LogP contribution in [0.25, 0.3) is 6.08 Å². The van der Waals surface area contributed by atoms with Gasteiger partial charge in [0.05, 0.1) is 10.1 Å². The second-order valence-corrected chi connectivity index (χ2v) is 8.36. The van der Waals surface area contributed by atoms with E-state index in [1.807, 2.05) is 50.3 Å². The summed E-state index contributed by atoms with van der Waals surface area (Å²) >= 11 is 0. The molecule has 0 aliphatic heterocycles. The van der Waals surface area contributed by atoms with Crippen molar-refractivity contribution >= 4 is 16.2 Å². The average molecular weight is 451 g/mol. The van der Waals surface area contributed by atoms with Crippen molar-refractivity contribution in [2.45, 2.75) is 85.0 Å². The smallest absolute Gasteiger partial charge is 0.748 e. The first kappa shape index (κ1) is 34.4. The van der Waals surface area contributed by atoms with E-state index >= 15 is 0 Å². The van der Waals surface area contributed by atoms with Crippen molar-refractivity contribution in [1.29, 1.82) is 0 Å². The molecule has 0 saturated carbocycles. The number of rotatable bonds is 14. The number of hydrogen-bond acceptors (Lipinski definition) is 4. The summed E-state index contributed by atoms with van der Waals surface area (Å²) < 4.78 is 35.8. The monoisotopic (exact) mass is 450 g/mol. The van der Waals surface area contributed by atoms with Crippen molar-refractivity contribution in [3.8, 4) is 0 Å². The molecule has 1 aromatic rings. The van der Waals surface area contributed by atoms with Crippen molar-refractivity contribution in [1.82, 2.24) is 0 Å². The maximum Gasteiger partial charge on any atom is 1.00 e. The van der Waals surface area contributed by atoms with E-state index in [1.165, 1.54) is 50.5 Å². The van der Waals surface area contributed by atoms with Crippen LogP contribution in [0.1, 0.15) is 90.5 Å². The summed E-state index contributed by atoms with van der Waals surface area (Å²) in [6, 6.07) is 10.0. The molecular formula is C24H43NaO4S. The van der Waals surface area contributed by atoms with Gasteiger partial charge in [-0.05, 0) is 25.8 Å². The van der Waals surface area contributed by atoms with Gasteiger partial charge >= 0.3 is 29.6 Å². The zero-order valence-electron chi connectivity index (χ0n) is 19.9. The minimum absolute atomic E-state index is 0. The molecule has 1 aromatic carbocycles. The summed E-state index contributed by atoms with van der Waals surface area (Å²) in [5, 5.41) is 0. The average Bonchev–Trinajstić information content (AvgIpc) is 2.71. The molecular weight excluding hydrogens is 407 g/mol. The Balaban J connectivity index is -0.000000431. The van der Waals surface area contributed by atoms with Crippen LogP contribution in [0.5, 0.6) is 0 Å². The number of hydrogen-bond donors (Lipinski definition) is 0. The molecule has 0 aliphatic rings. The Hall–Kier alpha value is -0.170. The van der Waals surface area contributed by atoms with Gasteiger partial charge in [-0.25, -0.2) is 8.42 Å². The van der Waals surface area contributed by atoms with E-state index < -0.39 is 10.1 Å². The molecule has 0 aromatic heterocycles. The van der Waals surface area contributed by atoms with Crippen molar-refractivity contribution in [2.24, 2.45) is 0 Å². The summed E-state index contributed by atoms with van der Waals surface area (Å²) in [6.45, 7) is 11.5. The molecule has 0 fully saturated rings. The minimum atomic E-state index is -3.98. The van der Waals surface area contributed by atoms with E-state index in [9.17, 15) is 13.0 Å². The minimum Gasteiger partial charge on any atom is -0.748 e. The van der Waals surface area contributed by atoms with Crippen molar-refractivity contribution in [3.05, 3.63) is 42.5 Å². The normalized spacial score (nSPS) is 10.0. The molecule has 4 nitrogen and oxygen atoms in total. The van der Waals surface area contributed by atoms with Crippen LogP contribution in [0.4, 0.5) is 0 Å². The fraction of sp³-hybridized carbons (Fsp3) is 0.667. The van der Waals surface area contributed by atoms with Crippen LogP contribution in [0.2, 0.25) is 0 Å². The van der Waals surface area contributed by atoms with E-state index in [0.29, 0.717) is 6.42 Å². The van der Waals surface area contributed by atoms with Crippen LogP contribution >= 0.6 is 0 Å². The van der Waals surface area contributed by atoms with Gasteiger partial charge in [-0.1, -0.05) is 108 Å². The van der Waals surface area contributed by atoms with E-state index in [2.05, 4.69) is 13.5 Å². The summed E-state index contributed by atoms with van der Waals surface area (Å²) in [7, 11) is -3.98. The Morgan fingerprint density at radius 3 is 1.57 bits per heavy atom. The second-order valence-electron chi connectivity index (χ2n) is 6.84. The maximum absolute atomic E-state index is 10.3. The Labute approximate surface area is 208 Å². The van der Waals surface area contributed by atoms with Crippen molar-refractivity contribution < 1.29 is 47.3 Å². The predicted molar refractivity (Wildman–Crippen MR) is 125 cm³/mol. The molecule has 0 heterocycles. The molecule has 0 bridgehead atoms. The van der Waals surface area contributed by atoms with Gasteiger partial charge < -0.3 is 9.29 Å². The molecule has 0 saturated heterocycles. The van der Waals surface area contributed by atoms with E-state index in [-0.39, 0.29) is 35.3 Å². The Bertz CT molecular complexity index is 546. The SMILES string of the molecule is C=Cc1ccccc1.CCCCCCCCCCCCS(=O)(=O)[O-].CCOCC.[Na+]. The molecule has 0 aliphatic carbocycles. The van der Waals surface area contributed by atoms with Crippen LogP contribution in [0.3, 0.4) is 0 Å². The number of ether oxygens (including phenoxy) is 1. The fourth-order valence-corrected chi connectivity index (χ4v) is 3.12. The van der Waals surface area contributed by atoms with Crippen molar-refractivity contribution in [3.63, 3.8) is 0 Å². The zero-order chi connectivity index (χ0) is 22.2. The van der Waals surface area contributed by atoms with E-state index in [0.717, 1.165) is 26.1 Å². The molecule has 1 rings (SSSR count). The molecule has 0 spiro atoms. The van der Waals surface area contributed by atoms with Gasteiger partial charge in [-0.2, -0.15) is 0 Å². The molecule has 170 valence electrons. The van der Waals surface area contributed by atoms with Crippen LogP contribution in [-0.2, 0) is 14.9 Å². The third-order valence-electron chi connectivity index (χ3n) is 4.19. The molecule has 0 radical (unpaired) electrons. The van der Waals surface area contributed by atoms with Crippen LogP contribution < -0.4 is 29.6 Å². The molecule has 0 unspecified atom stereocenters. The maximum atomic E-state index is 10.3.